The van der Waals surface area contributed by atoms with Crippen LogP contribution < -0.4 is 4.74 Å². The highest BCUT2D eigenvalue weighted by molar-refractivity contribution is 7.90. The van der Waals surface area contributed by atoms with Crippen LogP contribution in [0.4, 0.5) is 0 Å². The third-order valence-electron chi connectivity index (χ3n) is 7.44. The van der Waals surface area contributed by atoms with Crippen LogP contribution in [0.25, 0.3) is 23.1 Å². The Balaban J connectivity index is 1.29. The van der Waals surface area contributed by atoms with E-state index in [0.29, 0.717) is 29.8 Å². The van der Waals surface area contributed by atoms with Crippen molar-refractivity contribution < 1.29 is 33.0 Å². The predicted octanol–water partition coefficient (Wildman–Crippen LogP) is 6.86. The zero-order valence-electron chi connectivity index (χ0n) is 24.5. The number of carboxylic acids is 2. The van der Waals surface area contributed by atoms with E-state index in [1.165, 1.54) is 0 Å². The lowest BCUT2D eigenvalue weighted by Crippen LogP contribution is -2.08. The zero-order chi connectivity index (χ0) is 31.8. The van der Waals surface area contributed by atoms with Crippen LogP contribution in [-0.4, -0.2) is 35.1 Å². The molecule has 0 aliphatic carbocycles. The molecule has 0 saturated heterocycles. The summed E-state index contributed by atoms with van der Waals surface area (Å²) in [5.74, 6) is -1.28. The van der Waals surface area contributed by atoms with Gasteiger partial charge in [-0.1, -0.05) is 78.9 Å². The van der Waals surface area contributed by atoms with Gasteiger partial charge in [-0.05, 0) is 64.6 Å². The SMILES string of the molecule is O=C(O)CCCn1cc(CC(=O)O)c2c(/C=C/c3ccc(OCc4ccccc4CS(=O)(=O)c4ccccc4)cc3)cccc21. The van der Waals surface area contributed by atoms with Crippen molar-refractivity contribution in [1.82, 2.24) is 4.57 Å². The molecule has 9 heteroatoms. The molecule has 0 saturated carbocycles. The van der Waals surface area contributed by atoms with Gasteiger partial charge in [-0.15, -0.1) is 0 Å². The number of hydrogen-bond acceptors (Lipinski definition) is 5. The monoisotopic (exact) mass is 623 g/mol. The number of carboxylic acid groups (broad SMARTS) is 2. The van der Waals surface area contributed by atoms with E-state index in [2.05, 4.69) is 0 Å². The van der Waals surface area contributed by atoms with Gasteiger partial charge < -0.3 is 19.5 Å². The Hall–Kier alpha value is -5.15. The Morgan fingerprint density at radius 2 is 1.47 bits per heavy atom. The minimum Gasteiger partial charge on any atom is -0.489 e. The molecule has 4 aromatic carbocycles. The van der Waals surface area contributed by atoms with Crippen molar-refractivity contribution >= 4 is 44.8 Å². The first-order chi connectivity index (χ1) is 21.7. The minimum atomic E-state index is -3.50. The maximum absolute atomic E-state index is 12.9. The Bertz CT molecular complexity index is 1940. The molecular formula is C36H33NO7S. The molecule has 0 bridgehead atoms. The summed E-state index contributed by atoms with van der Waals surface area (Å²) in [4.78, 5) is 22.9. The highest BCUT2D eigenvalue weighted by Crippen LogP contribution is 2.28. The largest absolute Gasteiger partial charge is 0.489 e. The molecule has 0 aliphatic heterocycles. The lowest BCUT2D eigenvalue weighted by atomic mass is 10.0. The molecule has 1 heterocycles. The van der Waals surface area contributed by atoms with Crippen molar-refractivity contribution in [3.05, 3.63) is 131 Å². The molecule has 5 rings (SSSR count). The van der Waals surface area contributed by atoms with Gasteiger partial charge in [0, 0.05) is 30.1 Å². The molecule has 45 heavy (non-hydrogen) atoms. The number of aromatic nitrogens is 1. The van der Waals surface area contributed by atoms with Crippen LogP contribution in [0.1, 0.15) is 40.7 Å². The van der Waals surface area contributed by atoms with Gasteiger partial charge in [-0.2, -0.15) is 0 Å². The molecule has 0 spiro atoms. The van der Waals surface area contributed by atoms with Gasteiger partial charge in [0.1, 0.15) is 12.4 Å². The summed E-state index contributed by atoms with van der Waals surface area (Å²) < 4.78 is 33.8. The lowest BCUT2D eigenvalue weighted by Gasteiger charge is -2.12. The first kappa shape index (κ1) is 31.3. The van der Waals surface area contributed by atoms with Crippen molar-refractivity contribution in [2.75, 3.05) is 0 Å². The van der Waals surface area contributed by atoms with Gasteiger partial charge in [-0.3, -0.25) is 9.59 Å². The summed E-state index contributed by atoms with van der Waals surface area (Å²) in [6, 6.07) is 29.0. The topological polar surface area (TPSA) is 123 Å². The standard InChI is InChI=1S/C36H33NO7S/c38-34(39)14-7-21-37-23-30(22-35(40)41)36-27(10-6-13-33(36)37)18-15-26-16-19-31(20-17-26)44-24-28-8-4-5-9-29(28)25-45(42,43)32-11-2-1-3-12-32/h1-6,8-13,15-20,23H,7,14,21-22,24-25H2,(H,38,39)(H,40,41)/b18-15+. The van der Waals surface area contributed by atoms with Gasteiger partial charge in [0.05, 0.1) is 17.1 Å². The van der Waals surface area contributed by atoms with Crippen LogP contribution in [0.3, 0.4) is 0 Å². The van der Waals surface area contributed by atoms with E-state index >= 15 is 0 Å². The maximum Gasteiger partial charge on any atom is 0.307 e. The number of sulfone groups is 1. The number of fused-ring (bicyclic) bond motifs is 1. The third-order valence-corrected chi connectivity index (χ3v) is 9.13. The normalized spacial score (nSPS) is 11.6. The van der Waals surface area contributed by atoms with E-state index < -0.39 is 21.8 Å². The fourth-order valence-electron chi connectivity index (χ4n) is 5.27. The van der Waals surface area contributed by atoms with Gasteiger partial charge in [-0.25, -0.2) is 8.42 Å². The average molecular weight is 624 g/mol. The Kier molecular flexibility index (Phi) is 9.79. The van der Waals surface area contributed by atoms with Gasteiger partial charge >= 0.3 is 11.9 Å². The number of ether oxygens (including phenoxy) is 1. The van der Waals surface area contributed by atoms with E-state index in [0.717, 1.165) is 27.6 Å². The third kappa shape index (κ3) is 8.07. The molecule has 1 aromatic heterocycles. The number of benzene rings is 4. The highest BCUT2D eigenvalue weighted by Gasteiger charge is 2.17. The van der Waals surface area contributed by atoms with Crippen molar-refractivity contribution in [3.8, 4) is 5.75 Å². The number of aryl methyl sites for hydroxylation is 1. The molecule has 0 aliphatic rings. The quantitative estimate of drug-likeness (QED) is 0.130. The van der Waals surface area contributed by atoms with Crippen LogP contribution in [0.2, 0.25) is 0 Å². The second-order valence-electron chi connectivity index (χ2n) is 10.7. The second-order valence-corrected chi connectivity index (χ2v) is 12.7. The first-order valence-corrected chi connectivity index (χ1v) is 16.1. The second kappa shape index (κ2) is 14.1. The molecule has 230 valence electrons. The fraction of sp³-hybridized carbons (Fsp3) is 0.167. The average Bonchev–Trinajstić information content (AvgIpc) is 3.37. The van der Waals surface area contributed by atoms with Crippen LogP contribution in [0.15, 0.2) is 108 Å². The molecule has 5 aromatic rings. The molecule has 0 atom stereocenters. The molecule has 2 N–H and O–H groups in total. The van der Waals surface area contributed by atoms with Crippen LogP contribution in [0, 0.1) is 0 Å². The predicted molar refractivity (Wildman–Crippen MR) is 174 cm³/mol. The van der Waals surface area contributed by atoms with Crippen molar-refractivity contribution in [2.24, 2.45) is 0 Å². The summed E-state index contributed by atoms with van der Waals surface area (Å²) in [6.45, 7) is 0.692. The Morgan fingerprint density at radius 1 is 0.756 bits per heavy atom. The molecule has 0 unspecified atom stereocenters. The number of aliphatic carboxylic acids is 2. The summed E-state index contributed by atoms with van der Waals surface area (Å²) in [7, 11) is -3.50. The lowest BCUT2D eigenvalue weighted by molar-refractivity contribution is -0.137. The molecular weight excluding hydrogens is 590 g/mol. The van der Waals surface area contributed by atoms with Crippen LogP contribution in [-0.2, 0) is 44.8 Å². The zero-order valence-corrected chi connectivity index (χ0v) is 25.3. The van der Waals surface area contributed by atoms with Crippen molar-refractivity contribution in [3.63, 3.8) is 0 Å². The van der Waals surface area contributed by atoms with Crippen LogP contribution in [0.5, 0.6) is 5.75 Å². The number of hydrogen-bond donors (Lipinski definition) is 2. The number of nitrogens with zero attached hydrogens (tertiary/aromatic N) is 1. The van der Waals surface area contributed by atoms with Crippen molar-refractivity contribution in [1.29, 1.82) is 0 Å². The van der Waals surface area contributed by atoms with E-state index in [1.54, 1.807) is 42.6 Å². The highest BCUT2D eigenvalue weighted by atomic mass is 32.2. The van der Waals surface area contributed by atoms with Gasteiger partial charge in [0.25, 0.3) is 0 Å². The summed E-state index contributed by atoms with van der Waals surface area (Å²) in [5, 5.41) is 19.3. The molecule has 0 amide bonds. The van der Waals surface area contributed by atoms with E-state index in [9.17, 15) is 23.1 Å². The van der Waals surface area contributed by atoms with Crippen LogP contribution >= 0.6 is 0 Å². The van der Waals surface area contributed by atoms with Crippen molar-refractivity contribution in [2.45, 2.75) is 43.1 Å². The minimum absolute atomic E-state index is 0.0376. The molecule has 0 fully saturated rings. The summed E-state index contributed by atoms with van der Waals surface area (Å²) in [5.41, 5.74) is 4.79. The molecule has 0 radical (unpaired) electrons. The van der Waals surface area contributed by atoms with E-state index in [1.807, 2.05) is 77.4 Å². The summed E-state index contributed by atoms with van der Waals surface area (Å²) in [6.07, 6.45) is 6.03. The Labute approximate surface area is 261 Å². The summed E-state index contributed by atoms with van der Waals surface area (Å²) >= 11 is 0. The van der Waals surface area contributed by atoms with Gasteiger partial charge in [0.15, 0.2) is 9.84 Å². The Morgan fingerprint density at radius 3 is 2.18 bits per heavy atom. The smallest absolute Gasteiger partial charge is 0.307 e. The molecule has 8 nitrogen and oxygen atoms in total. The van der Waals surface area contributed by atoms with Gasteiger partial charge in [0.2, 0.25) is 0 Å². The maximum atomic E-state index is 12.9. The number of carbonyl (C=O) groups is 2. The first-order valence-electron chi connectivity index (χ1n) is 14.5. The number of rotatable bonds is 14. The van der Waals surface area contributed by atoms with E-state index in [4.69, 9.17) is 9.84 Å². The fourth-order valence-corrected chi connectivity index (χ4v) is 6.70. The van der Waals surface area contributed by atoms with E-state index in [-0.39, 0.29) is 30.1 Å².